The van der Waals surface area contributed by atoms with Gasteiger partial charge in [0.05, 0.1) is 5.56 Å². The van der Waals surface area contributed by atoms with Crippen LogP contribution in [0.15, 0.2) is 30.3 Å². The van der Waals surface area contributed by atoms with Gasteiger partial charge in [-0.2, -0.15) is 0 Å². The van der Waals surface area contributed by atoms with Crippen molar-refractivity contribution in [3.05, 3.63) is 40.9 Å². The van der Waals surface area contributed by atoms with Crippen LogP contribution in [0.5, 0.6) is 5.75 Å². The summed E-state index contributed by atoms with van der Waals surface area (Å²) in [5.41, 5.74) is 5.21. The van der Waals surface area contributed by atoms with Crippen molar-refractivity contribution in [3.63, 3.8) is 0 Å². The average Bonchev–Trinajstić information content (AvgIpc) is 2.17. The van der Waals surface area contributed by atoms with Crippen LogP contribution in [0.3, 0.4) is 0 Å². The van der Waals surface area contributed by atoms with E-state index in [1.807, 2.05) is 0 Å². The van der Waals surface area contributed by atoms with Gasteiger partial charge >= 0.3 is 0 Å². The Bertz CT molecular complexity index is 552. The van der Waals surface area contributed by atoms with Crippen molar-refractivity contribution < 1.29 is 9.90 Å². The standard InChI is InChI=1S/C11H8ClNO2/c12-8-2-1-6-5-10(14)9(11(13)15)4-7(6)3-8/h1-5,14H,(H2,13,15). The van der Waals surface area contributed by atoms with E-state index in [1.54, 1.807) is 18.2 Å². The van der Waals surface area contributed by atoms with Crippen molar-refractivity contribution in [2.75, 3.05) is 0 Å². The smallest absolute Gasteiger partial charge is 0.252 e. The van der Waals surface area contributed by atoms with E-state index in [2.05, 4.69) is 0 Å². The molecule has 3 nitrogen and oxygen atoms in total. The highest BCUT2D eigenvalue weighted by molar-refractivity contribution is 6.31. The average molecular weight is 222 g/mol. The summed E-state index contributed by atoms with van der Waals surface area (Å²) in [6, 6.07) is 8.21. The number of hydrogen-bond acceptors (Lipinski definition) is 2. The van der Waals surface area contributed by atoms with Crippen molar-refractivity contribution in [2.24, 2.45) is 5.73 Å². The first-order valence-electron chi connectivity index (χ1n) is 4.30. The molecule has 0 aliphatic rings. The molecule has 2 aromatic carbocycles. The molecule has 0 unspecified atom stereocenters. The molecule has 76 valence electrons. The van der Waals surface area contributed by atoms with Gasteiger partial charge in [-0.1, -0.05) is 17.7 Å². The van der Waals surface area contributed by atoms with E-state index < -0.39 is 5.91 Å². The van der Waals surface area contributed by atoms with Crippen molar-refractivity contribution in [1.29, 1.82) is 0 Å². The van der Waals surface area contributed by atoms with Crippen LogP contribution in [0.4, 0.5) is 0 Å². The molecule has 0 bridgehead atoms. The predicted octanol–water partition coefficient (Wildman–Crippen LogP) is 2.30. The summed E-state index contributed by atoms with van der Waals surface area (Å²) >= 11 is 5.81. The van der Waals surface area contributed by atoms with Crippen molar-refractivity contribution in [3.8, 4) is 5.75 Å². The summed E-state index contributed by atoms with van der Waals surface area (Å²) in [5.74, 6) is -0.772. The Labute approximate surface area is 91.1 Å². The lowest BCUT2D eigenvalue weighted by molar-refractivity contribution is 0.0998. The molecule has 0 saturated heterocycles. The van der Waals surface area contributed by atoms with Crippen molar-refractivity contribution in [2.45, 2.75) is 0 Å². The number of rotatable bonds is 1. The normalized spacial score (nSPS) is 10.5. The van der Waals surface area contributed by atoms with Crippen LogP contribution in [0.1, 0.15) is 10.4 Å². The first-order valence-corrected chi connectivity index (χ1v) is 4.68. The molecule has 15 heavy (non-hydrogen) atoms. The maximum Gasteiger partial charge on any atom is 0.252 e. The molecule has 0 aliphatic heterocycles. The lowest BCUT2D eigenvalue weighted by Gasteiger charge is -2.04. The number of aromatic hydroxyl groups is 1. The largest absolute Gasteiger partial charge is 0.507 e. The third-order valence-electron chi connectivity index (χ3n) is 2.18. The minimum absolute atomic E-state index is 0.102. The van der Waals surface area contributed by atoms with Crippen LogP contribution in [0.2, 0.25) is 5.02 Å². The number of fused-ring (bicyclic) bond motifs is 1. The number of halogens is 1. The van der Waals surface area contributed by atoms with E-state index in [4.69, 9.17) is 17.3 Å². The maximum atomic E-state index is 11.0. The van der Waals surface area contributed by atoms with Gasteiger partial charge in [-0.3, -0.25) is 4.79 Å². The lowest BCUT2D eigenvalue weighted by Crippen LogP contribution is -2.10. The minimum atomic E-state index is -0.658. The van der Waals surface area contributed by atoms with Crippen LogP contribution in [0.25, 0.3) is 10.8 Å². The second-order valence-corrected chi connectivity index (χ2v) is 3.66. The number of amides is 1. The Morgan fingerprint density at radius 2 is 1.93 bits per heavy atom. The Kier molecular flexibility index (Phi) is 2.25. The number of carbonyl (C=O) groups excluding carboxylic acids is 1. The zero-order chi connectivity index (χ0) is 11.0. The zero-order valence-electron chi connectivity index (χ0n) is 7.70. The maximum absolute atomic E-state index is 11.0. The molecule has 2 rings (SSSR count). The van der Waals surface area contributed by atoms with Gasteiger partial charge in [-0.25, -0.2) is 0 Å². The molecule has 1 amide bonds. The summed E-state index contributed by atoms with van der Waals surface area (Å²) < 4.78 is 0. The van der Waals surface area contributed by atoms with Gasteiger partial charge in [0.2, 0.25) is 0 Å². The van der Waals surface area contributed by atoms with E-state index >= 15 is 0 Å². The van der Waals surface area contributed by atoms with Gasteiger partial charge in [-0.15, -0.1) is 0 Å². The lowest BCUT2D eigenvalue weighted by atomic mass is 10.1. The number of nitrogens with two attached hydrogens (primary N) is 1. The number of carbonyl (C=O) groups is 1. The fraction of sp³-hybridized carbons (Fsp3) is 0. The molecule has 0 fully saturated rings. The van der Waals surface area contributed by atoms with Gasteiger partial charge in [0, 0.05) is 5.02 Å². The van der Waals surface area contributed by atoms with Gasteiger partial charge in [0.15, 0.2) is 0 Å². The molecular formula is C11H8ClNO2. The Balaban J connectivity index is 2.77. The molecular weight excluding hydrogens is 214 g/mol. The van der Waals surface area contributed by atoms with Gasteiger partial charge in [-0.05, 0) is 35.0 Å². The van der Waals surface area contributed by atoms with Gasteiger partial charge in [0.25, 0.3) is 5.91 Å². The third-order valence-corrected chi connectivity index (χ3v) is 2.42. The number of benzene rings is 2. The van der Waals surface area contributed by atoms with E-state index in [0.717, 1.165) is 10.8 Å². The molecule has 0 radical (unpaired) electrons. The van der Waals surface area contributed by atoms with Gasteiger partial charge in [0.1, 0.15) is 5.75 Å². The topological polar surface area (TPSA) is 63.3 Å². The number of primary amides is 1. The highest BCUT2D eigenvalue weighted by Gasteiger charge is 2.08. The zero-order valence-corrected chi connectivity index (χ0v) is 8.45. The van der Waals surface area contributed by atoms with Crippen LogP contribution < -0.4 is 5.73 Å². The van der Waals surface area contributed by atoms with Crippen LogP contribution in [0, 0.1) is 0 Å². The van der Waals surface area contributed by atoms with E-state index in [1.165, 1.54) is 12.1 Å². The first-order chi connectivity index (χ1) is 7.08. The second-order valence-electron chi connectivity index (χ2n) is 3.23. The number of hydrogen-bond donors (Lipinski definition) is 2. The summed E-state index contributed by atoms with van der Waals surface area (Å²) in [7, 11) is 0. The van der Waals surface area contributed by atoms with Crippen LogP contribution in [-0.4, -0.2) is 11.0 Å². The molecule has 0 spiro atoms. The monoisotopic (exact) mass is 221 g/mol. The van der Waals surface area contributed by atoms with Gasteiger partial charge < -0.3 is 10.8 Å². The van der Waals surface area contributed by atoms with Crippen molar-refractivity contribution in [1.82, 2.24) is 0 Å². The Morgan fingerprint density at radius 1 is 1.20 bits per heavy atom. The van der Waals surface area contributed by atoms with Crippen molar-refractivity contribution >= 4 is 28.3 Å². The summed E-state index contributed by atoms with van der Waals surface area (Å²) in [6.07, 6.45) is 0. The molecule has 0 heterocycles. The molecule has 0 atom stereocenters. The van der Waals surface area contributed by atoms with E-state index in [0.29, 0.717) is 5.02 Å². The predicted molar refractivity (Wildman–Crippen MR) is 59.1 cm³/mol. The molecule has 0 aliphatic carbocycles. The van der Waals surface area contributed by atoms with Crippen LogP contribution in [-0.2, 0) is 0 Å². The highest BCUT2D eigenvalue weighted by Crippen LogP contribution is 2.26. The van der Waals surface area contributed by atoms with E-state index in [-0.39, 0.29) is 11.3 Å². The summed E-state index contributed by atoms with van der Waals surface area (Å²) in [4.78, 5) is 11.0. The number of phenols is 1. The molecule has 2 aromatic rings. The molecule has 0 aromatic heterocycles. The molecule has 3 N–H and O–H groups in total. The highest BCUT2D eigenvalue weighted by atomic mass is 35.5. The molecule has 4 heteroatoms. The summed E-state index contributed by atoms with van der Waals surface area (Å²) in [6.45, 7) is 0. The first kappa shape index (κ1) is 9.80. The SMILES string of the molecule is NC(=O)c1cc2cc(Cl)ccc2cc1O. The fourth-order valence-corrected chi connectivity index (χ4v) is 1.63. The Morgan fingerprint density at radius 3 is 2.60 bits per heavy atom. The second kappa shape index (κ2) is 3.44. The Hall–Kier alpha value is -1.74. The molecule has 0 saturated carbocycles. The summed E-state index contributed by atoms with van der Waals surface area (Å²) in [5, 5.41) is 11.7. The fourth-order valence-electron chi connectivity index (χ4n) is 1.45. The van der Waals surface area contributed by atoms with Crippen LogP contribution >= 0.6 is 11.6 Å². The quantitative estimate of drug-likeness (QED) is 0.776. The van der Waals surface area contributed by atoms with E-state index in [9.17, 15) is 9.90 Å². The minimum Gasteiger partial charge on any atom is -0.507 e. The third kappa shape index (κ3) is 1.74.